The topological polar surface area (TPSA) is 38.9 Å². The third-order valence-electron chi connectivity index (χ3n) is 2.66. The molecule has 0 saturated heterocycles. The van der Waals surface area contributed by atoms with Crippen molar-refractivity contribution >= 4 is 34.2 Å². The number of aromatic nitrogens is 2. The molecule has 3 nitrogen and oxygen atoms in total. The number of para-hydroxylation sites is 1. The number of fused-ring (bicyclic) bond motifs is 1. The highest BCUT2D eigenvalue weighted by atomic mass is 35.5. The van der Waals surface area contributed by atoms with E-state index in [2.05, 4.69) is 9.97 Å². The van der Waals surface area contributed by atoms with E-state index in [-0.39, 0.29) is 0 Å². The summed E-state index contributed by atoms with van der Waals surface area (Å²) in [5.41, 5.74) is 1.62. The Labute approximate surface area is 113 Å². The Morgan fingerprint density at radius 1 is 1.06 bits per heavy atom. The lowest BCUT2D eigenvalue weighted by Gasteiger charge is -2.00. The third kappa shape index (κ3) is 1.85. The standard InChI is InChI=1S/C13H8Cl2N2O/c1-7-12(8-4-2-3-5-9(8)18-7)13-16-10(14)6-11(15)17-13/h2-6H,1H3. The van der Waals surface area contributed by atoms with Crippen molar-refractivity contribution in [1.29, 1.82) is 0 Å². The molecule has 0 aliphatic heterocycles. The second-order valence-corrected chi connectivity index (χ2v) is 4.64. The van der Waals surface area contributed by atoms with E-state index in [1.165, 1.54) is 6.07 Å². The summed E-state index contributed by atoms with van der Waals surface area (Å²) in [5.74, 6) is 1.23. The van der Waals surface area contributed by atoms with Crippen molar-refractivity contribution in [3.05, 3.63) is 46.4 Å². The average Bonchev–Trinajstić information content (AvgIpc) is 2.63. The first-order chi connectivity index (χ1) is 8.65. The molecule has 1 aromatic carbocycles. The Morgan fingerprint density at radius 3 is 2.44 bits per heavy atom. The van der Waals surface area contributed by atoms with Crippen LogP contribution in [0.25, 0.3) is 22.4 Å². The predicted octanol–water partition coefficient (Wildman–Crippen LogP) is 4.51. The number of benzene rings is 1. The minimum absolute atomic E-state index is 0.315. The van der Waals surface area contributed by atoms with Crippen LogP contribution < -0.4 is 0 Å². The van der Waals surface area contributed by atoms with Crippen LogP contribution in [0.5, 0.6) is 0 Å². The zero-order chi connectivity index (χ0) is 12.7. The molecule has 3 aromatic rings. The first-order valence-corrected chi connectivity index (χ1v) is 6.09. The summed E-state index contributed by atoms with van der Waals surface area (Å²) in [6.45, 7) is 1.87. The second kappa shape index (κ2) is 4.26. The number of nitrogens with zero attached hydrogens (tertiary/aromatic N) is 2. The van der Waals surface area contributed by atoms with Gasteiger partial charge in [0.05, 0.1) is 5.56 Å². The van der Waals surface area contributed by atoms with Crippen LogP contribution in [0.1, 0.15) is 5.76 Å². The van der Waals surface area contributed by atoms with E-state index in [1.807, 2.05) is 31.2 Å². The molecule has 0 aliphatic rings. The molecule has 0 fully saturated rings. The van der Waals surface area contributed by atoms with Gasteiger partial charge in [0, 0.05) is 11.5 Å². The molecule has 0 spiro atoms. The van der Waals surface area contributed by atoms with Gasteiger partial charge >= 0.3 is 0 Å². The summed E-state index contributed by atoms with van der Waals surface area (Å²) >= 11 is 11.8. The number of rotatable bonds is 1. The first-order valence-electron chi connectivity index (χ1n) is 5.34. The summed E-state index contributed by atoms with van der Waals surface area (Å²) in [4.78, 5) is 8.39. The molecule has 0 atom stereocenters. The van der Waals surface area contributed by atoms with Crippen molar-refractivity contribution < 1.29 is 4.42 Å². The second-order valence-electron chi connectivity index (χ2n) is 3.87. The fourth-order valence-corrected chi connectivity index (χ4v) is 2.37. The molecule has 0 amide bonds. The maximum Gasteiger partial charge on any atom is 0.166 e. The van der Waals surface area contributed by atoms with Gasteiger partial charge in [0.2, 0.25) is 0 Å². The minimum atomic E-state index is 0.315. The smallest absolute Gasteiger partial charge is 0.166 e. The average molecular weight is 279 g/mol. The number of halogens is 2. The molecule has 0 N–H and O–H groups in total. The molecule has 3 rings (SSSR count). The molecule has 2 heterocycles. The van der Waals surface area contributed by atoms with Crippen LogP contribution in [0, 0.1) is 6.92 Å². The van der Waals surface area contributed by atoms with E-state index in [0.717, 1.165) is 22.3 Å². The SMILES string of the molecule is Cc1oc2ccccc2c1-c1nc(Cl)cc(Cl)n1. The predicted molar refractivity (Wildman–Crippen MR) is 72.0 cm³/mol. The summed E-state index contributed by atoms with van der Waals surface area (Å²) in [5, 5.41) is 1.58. The molecule has 2 aromatic heterocycles. The molecule has 5 heteroatoms. The highest BCUT2D eigenvalue weighted by Crippen LogP contribution is 2.33. The van der Waals surface area contributed by atoms with Crippen molar-refractivity contribution in [2.45, 2.75) is 6.92 Å². The van der Waals surface area contributed by atoms with Gasteiger partial charge in [-0.05, 0) is 13.0 Å². The number of furan rings is 1. The lowest BCUT2D eigenvalue weighted by atomic mass is 10.1. The van der Waals surface area contributed by atoms with Crippen LogP contribution >= 0.6 is 23.2 Å². The molecule has 18 heavy (non-hydrogen) atoms. The van der Waals surface area contributed by atoms with Gasteiger partial charge in [0.1, 0.15) is 21.6 Å². The highest BCUT2D eigenvalue weighted by Gasteiger charge is 2.15. The van der Waals surface area contributed by atoms with Crippen LogP contribution in [0.3, 0.4) is 0 Å². The molecule has 0 bridgehead atoms. The van der Waals surface area contributed by atoms with E-state index in [9.17, 15) is 0 Å². The maximum atomic E-state index is 5.90. The van der Waals surface area contributed by atoms with Gasteiger partial charge in [0.25, 0.3) is 0 Å². The lowest BCUT2D eigenvalue weighted by Crippen LogP contribution is -1.90. The van der Waals surface area contributed by atoms with E-state index < -0.39 is 0 Å². The third-order valence-corrected chi connectivity index (χ3v) is 3.05. The summed E-state index contributed by atoms with van der Waals surface area (Å²) in [6, 6.07) is 9.22. The van der Waals surface area contributed by atoms with Crippen LogP contribution in [0.2, 0.25) is 10.3 Å². The molecule has 90 valence electrons. The maximum absolute atomic E-state index is 5.90. The largest absolute Gasteiger partial charge is 0.461 e. The van der Waals surface area contributed by atoms with Gasteiger partial charge in [-0.15, -0.1) is 0 Å². The first kappa shape index (κ1) is 11.5. The van der Waals surface area contributed by atoms with E-state index in [0.29, 0.717) is 16.1 Å². The van der Waals surface area contributed by atoms with Crippen LogP contribution in [-0.2, 0) is 0 Å². The zero-order valence-corrected chi connectivity index (χ0v) is 11.0. The number of hydrogen-bond donors (Lipinski definition) is 0. The number of aryl methyl sites for hydroxylation is 1. The van der Waals surface area contributed by atoms with Crippen LogP contribution in [-0.4, -0.2) is 9.97 Å². The van der Waals surface area contributed by atoms with Gasteiger partial charge in [-0.2, -0.15) is 0 Å². The fraction of sp³-hybridized carbons (Fsp3) is 0.0769. The highest BCUT2D eigenvalue weighted by molar-refractivity contribution is 6.33. The van der Waals surface area contributed by atoms with Gasteiger partial charge in [-0.3, -0.25) is 0 Å². The van der Waals surface area contributed by atoms with Crippen molar-refractivity contribution in [1.82, 2.24) is 9.97 Å². The van der Waals surface area contributed by atoms with Crippen molar-refractivity contribution in [3.8, 4) is 11.4 Å². The molecule has 0 unspecified atom stereocenters. The lowest BCUT2D eigenvalue weighted by molar-refractivity contribution is 0.579. The van der Waals surface area contributed by atoms with Crippen molar-refractivity contribution in [3.63, 3.8) is 0 Å². The fourth-order valence-electron chi connectivity index (χ4n) is 1.95. The Balaban J connectivity index is 2.34. The normalized spacial score (nSPS) is 11.1. The van der Waals surface area contributed by atoms with Crippen LogP contribution in [0.4, 0.5) is 0 Å². The van der Waals surface area contributed by atoms with E-state index in [1.54, 1.807) is 0 Å². The van der Waals surface area contributed by atoms with Gasteiger partial charge in [-0.1, -0.05) is 41.4 Å². The summed E-state index contributed by atoms with van der Waals surface area (Å²) in [7, 11) is 0. The molecular weight excluding hydrogens is 271 g/mol. The van der Waals surface area contributed by atoms with Crippen molar-refractivity contribution in [2.24, 2.45) is 0 Å². The molecular formula is C13H8Cl2N2O. The van der Waals surface area contributed by atoms with Crippen LogP contribution in [0.15, 0.2) is 34.7 Å². The quantitative estimate of drug-likeness (QED) is 0.615. The van der Waals surface area contributed by atoms with Gasteiger partial charge < -0.3 is 4.42 Å². The zero-order valence-electron chi connectivity index (χ0n) is 9.45. The Hall–Kier alpha value is -1.58. The monoisotopic (exact) mass is 278 g/mol. The Morgan fingerprint density at radius 2 is 1.72 bits per heavy atom. The summed E-state index contributed by atoms with van der Waals surface area (Å²) in [6.07, 6.45) is 0. The Bertz CT molecular complexity index is 717. The number of hydrogen-bond acceptors (Lipinski definition) is 3. The van der Waals surface area contributed by atoms with Gasteiger partial charge in [0.15, 0.2) is 5.82 Å². The molecule has 0 saturated carbocycles. The van der Waals surface area contributed by atoms with Crippen molar-refractivity contribution in [2.75, 3.05) is 0 Å². The molecule has 0 radical (unpaired) electrons. The van der Waals surface area contributed by atoms with E-state index in [4.69, 9.17) is 27.6 Å². The Kier molecular flexibility index (Phi) is 2.73. The van der Waals surface area contributed by atoms with E-state index >= 15 is 0 Å². The minimum Gasteiger partial charge on any atom is -0.461 e. The molecule has 0 aliphatic carbocycles. The summed E-state index contributed by atoms with van der Waals surface area (Å²) < 4.78 is 5.67. The van der Waals surface area contributed by atoms with Gasteiger partial charge in [-0.25, -0.2) is 9.97 Å².